The molecule has 0 aliphatic carbocycles. The van der Waals surface area contributed by atoms with Crippen LogP contribution >= 0.6 is 11.6 Å². The number of nitrogens with one attached hydrogen (secondary N) is 1. The van der Waals surface area contributed by atoms with Crippen LogP contribution in [0, 0.1) is 6.92 Å². The van der Waals surface area contributed by atoms with Gasteiger partial charge in [-0.05, 0) is 48.9 Å². The molecule has 3 rings (SSSR count). The molecule has 0 bridgehead atoms. The molecule has 1 heterocycles. The summed E-state index contributed by atoms with van der Waals surface area (Å²) in [6.07, 6.45) is 0.576. The highest BCUT2D eigenvalue weighted by molar-refractivity contribution is 7.92. The van der Waals surface area contributed by atoms with Crippen molar-refractivity contribution >= 4 is 38.9 Å². The standard InChI is InChI=1S/C18H19ClN2O4S/c1-12-3-8-16-15(11-12)21(26(2,23)24)10-9-17(25-16)18(22)20-14-6-4-13(19)5-7-14/h3-8,11,17H,9-10H2,1-2H3,(H,20,22). The molecule has 1 aliphatic rings. The summed E-state index contributed by atoms with van der Waals surface area (Å²) in [4.78, 5) is 12.6. The van der Waals surface area contributed by atoms with E-state index in [1.54, 1.807) is 36.4 Å². The third-order valence-electron chi connectivity index (χ3n) is 4.05. The van der Waals surface area contributed by atoms with Crippen molar-refractivity contribution in [1.29, 1.82) is 0 Å². The minimum Gasteiger partial charge on any atom is -0.478 e. The maximum absolute atomic E-state index is 12.6. The quantitative estimate of drug-likeness (QED) is 0.867. The van der Waals surface area contributed by atoms with Crippen molar-refractivity contribution in [2.75, 3.05) is 22.4 Å². The normalized spacial score (nSPS) is 17.0. The van der Waals surface area contributed by atoms with Crippen LogP contribution in [0.3, 0.4) is 0 Å². The molecule has 1 aliphatic heterocycles. The SMILES string of the molecule is Cc1ccc2c(c1)N(S(C)(=O)=O)CCC(C(=O)Nc1ccc(Cl)cc1)O2. The van der Waals surface area contributed by atoms with Crippen LogP contribution in [0.2, 0.25) is 5.02 Å². The second kappa shape index (κ2) is 7.17. The predicted molar refractivity (Wildman–Crippen MR) is 102 cm³/mol. The minimum atomic E-state index is -3.49. The molecule has 0 aromatic heterocycles. The Balaban J connectivity index is 1.86. The highest BCUT2D eigenvalue weighted by atomic mass is 35.5. The average molecular weight is 395 g/mol. The Kier molecular flexibility index (Phi) is 5.11. The van der Waals surface area contributed by atoms with Gasteiger partial charge in [-0.25, -0.2) is 8.42 Å². The lowest BCUT2D eigenvalue weighted by molar-refractivity contribution is -0.122. The summed E-state index contributed by atoms with van der Waals surface area (Å²) in [6.45, 7) is 2.03. The number of sulfonamides is 1. The van der Waals surface area contributed by atoms with Crippen LogP contribution in [0.1, 0.15) is 12.0 Å². The van der Waals surface area contributed by atoms with Crippen molar-refractivity contribution in [3.8, 4) is 5.75 Å². The maximum atomic E-state index is 12.6. The van der Waals surface area contributed by atoms with E-state index in [2.05, 4.69) is 5.32 Å². The van der Waals surface area contributed by atoms with Gasteiger partial charge in [0.2, 0.25) is 10.0 Å². The van der Waals surface area contributed by atoms with Gasteiger partial charge in [-0.1, -0.05) is 17.7 Å². The Labute approximate surface area is 157 Å². The first-order valence-corrected chi connectivity index (χ1v) is 10.3. The second-order valence-electron chi connectivity index (χ2n) is 6.20. The number of aryl methyl sites for hydroxylation is 1. The minimum absolute atomic E-state index is 0.161. The number of hydrogen-bond donors (Lipinski definition) is 1. The second-order valence-corrected chi connectivity index (χ2v) is 8.54. The Morgan fingerprint density at radius 3 is 2.58 bits per heavy atom. The van der Waals surface area contributed by atoms with Crippen molar-refractivity contribution in [2.45, 2.75) is 19.4 Å². The lowest BCUT2D eigenvalue weighted by atomic mass is 10.2. The number of amides is 1. The molecule has 2 aromatic rings. The molecule has 0 saturated heterocycles. The summed E-state index contributed by atoms with van der Waals surface area (Å²) in [7, 11) is -3.49. The summed E-state index contributed by atoms with van der Waals surface area (Å²) >= 11 is 5.85. The van der Waals surface area contributed by atoms with Crippen molar-refractivity contribution in [2.24, 2.45) is 0 Å². The summed E-state index contributed by atoms with van der Waals surface area (Å²) < 4.78 is 31.5. The number of anilines is 2. The highest BCUT2D eigenvalue weighted by Gasteiger charge is 2.31. The molecule has 1 amide bonds. The number of nitrogens with zero attached hydrogens (tertiary/aromatic N) is 1. The first-order chi connectivity index (χ1) is 12.2. The largest absolute Gasteiger partial charge is 0.478 e. The van der Waals surface area contributed by atoms with Crippen LogP contribution in [0.4, 0.5) is 11.4 Å². The Hall–Kier alpha value is -2.25. The van der Waals surface area contributed by atoms with E-state index in [0.717, 1.165) is 11.8 Å². The van der Waals surface area contributed by atoms with Gasteiger partial charge < -0.3 is 10.1 Å². The number of ether oxygens (including phenoxy) is 1. The van der Waals surface area contributed by atoms with Crippen LogP contribution < -0.4 is 14.4 Å². The fourth-order valence-corrected chi connectivity index (χ4v) is 3.84. The maximum Gasteiger partial charge on any atom is 0.265 e. The van der Waals surface area contributed by atoms with Crippen LogP contribution in [-0.4, -0.2) is 33.2 Å². The van der Waals surface area contributed by atoms with Gasteiger partial charge in [-0.2, -0.15) is 0 Å². The Morgan fingerprint density at radius 2 is 1.92 bits per heavy atom. The van der Waals surface area contributed by atoms with E-state index in [-0.39, 0.29) is 18.9 Å². The first-order valence-electron chi connectivity index (χ1n) is 8.05. The zero-order valence-electron chi connectivity index (χ0n) is 14.4. The third-order valence-corrected chi connectivity index (χ3v) is 5.48. The number of fused-ring (bicyclic) bond motifs is 1. The molecule has 0 saturated carbocycles. The van der Waals surface area contributed by atoms with Crippen molar-refractivity contribution < 1.29 is 17.9 Å². The lowest BCUT2D eigenvalue weighted by Gasteiger charge is -2.21. The molecular formula is C18H19ClN2O4S. The number of benzene rings is 2. The van der Waals surface area contributed by atoms with Crippen LogP contribution in [0.15, 0.2) is 42.5 Å². The summed E-state index contributed by atoms with van der Waals surface area (Å²) in [5.41, 5.74) is 1.95. The average Bonchev–Trinajstić information content (AvgIpc) is 2.76. The van der Waals surface area contributed by atoms with E-state index in [9.17, 15) is 13.2 Å². The van der Waals surface area contributed by atoms with Crippen LogP contribution in [0.5, 0.6) is 5.75 Å². The number of halogens is 1. The van der Waals surface area contributed by atoms with Gasteiger partial charge in [-0.3, -0.25) is 9.10 Å². The van der Waals surface area contributed by atoms with Gasteiger partial charge in [0.15, 0.2) is 6.10 Å². The zero-order valence-corrected chi connectivity index (χ0v) is 16.0. The molecule has 1 atom stereocenters. The van der Waals surface area contributed by atoms with Crippen molar-refractivity contribution in [3.05, 3.63) is 53.1 Å². The van der Waals surface area contributed by atoms with E-state index in [1.807, 2.05) is 13.0 Å². The fraction of sp³-hybridized carbons (Fsp3) is 0.278. The molecule has 1 unspecified atom stereocenters. The van der Waals surface area contributed by atoms with Crippen molar-refractivity contribution in [1.82, 2.24) is 0 Å². The summed E-state index contributed by atoms with van der Waals surface area (Å²) in [5, 5.41) is 3.34. The van der Waals surface area contributed by atoms with E-state index in [4.69, 9.17) is 16.3 Å². The number of carbonyl (C=O) groups excluding carboxylic acids is 1. The topological polar surface area (TPSA) is 75.7 Å². The monoisotopic (exact) mass is 394 g/mol. The number of rotatable bonds is 3. The van der Waals surface area contributed by atoms with Gasteiger partial charge in [0.25, 0.3) is 5.91 Å². The van der Waals surface area contributed by atoms with Gasteiger partial charge in [0.1, 0.15) is 5.75 Å². The fourth-order valence-electron chi connectivity index (χ4n) is 2.77. The van der Waals surface area contributed by atoms with E-state index in [0.29, 0.717) is 22.1 Å². The number of hydrogen-bond acceptors (Lipinski definition) is 4. The molecule has 0 fully saturated rings. The zero-order chi connectivity index (χ0) is 18.9. The summed E-state index contributed by atoms with van der Waals surface area (Å²) in [6, 6.07) is 12.0. The van der Waals surface area contributed by atoms with Crippen molar-refractivity contribution in [3.63, 3.8) is 0 Å². The van der Waals surface area contributed by atoms with Gasteiger partial charge >= 0.3 is 0 Å². The van der Waals surface area contributed by atoms with E-state index < -0.39 is 16.1 Å². The molecule has 26 heavy (non-hydrogen) atoms. The molecule has 0 spiro atoms. The predicted octanol–water partition coefficient (Wildman–Crippen LogP) is 3.20. The lowest BCUT2D eigenvalue weighted by Crippen LogP contribution is -2.35. The van der Waals surface area contributed by atoms with Gasteiger partial charge in [0, 0.05) is 23.7 Å². The van der Waals surface area contributed by atoms with E-state index >= 15 is 0 Å². The van der Waals surface area contributed by atoms with Crippen LogP contribution in [0.25, 0.3) is 0 Å². The van der Waals surface area contributed by atoms with E-state index in [1.165, 1.54) is 4.31 Å². The smallest absolute Gasteiger partial charge is 0.265 e. The third kappa shape index (κ3) is 4.11. The Morgan fingerprint density at radius 1 is 1.23 bits per heavy atom. The molecule has 6 nitrogen and oxygen atoms in total. The first kappa shape index (κ1) is 18.5. The van der Waals surface area contributed by atoms with Gasteiger partial charge in [-0.15, -0.1) is 0 Å². The highest BCUT2D eigenvalue weighted by Crippen LogP contribution is 2.35. The van der Waals surface area contributed by atoms with Gasteiger partial charge in [0.05, 0.1) is 11.9 Å². The summed E-state index contributed by atoms with van der Waals surface area (Å²) in [5.74, 6) is 0.0315. The molecule has 138 valence electrons. The molecular weight excluding hydrogens is 376 g/mol. The molecule has 8 heteroatoms. The molecule has 0 radical (unpaired) electrons. The molecule has 1 N–H and O–H groups in total. The molecule has 2 aromatic carbocycles. The Bertz CT molecular complexity index is 929. The van der Waals surface area contributed by atoms with Crippen LogP contribution in [-0.2, 0) is 14.8 Å². The number of carbonyl (C=O) groups is 1.